The quantitative estimate of drug-likeness (QED) is 0.862. The highest BCUT2D eigenvalue weighted by Gasteiger charge is 2.10. The summed E-state index contributed by atoms with van der Waals surface area (Å²) < 4.78 is 30.7. The number of halogens is 2. The maximum absolute atomic E-state index is 13.4. The van der Waals surface area contributed by atoms with Gasteiger partial charge in [0.05, 0.1) is 25.2 Å². The van der Waals surface area contributed by atoms with E-state index in [4.69, 9.17) is 0 Å². The summed E-state index contributed by atoms with van der Waals surface area (Å²) in [7, 11) is 1.21. The molecular weight excluding hydrogens is 256 g/mol. The first kappa shape index (κ1) is 12.9. The van der Waals surface area contributed by atoms with E-state index in [1.54, 1.807) is 0 Å². The van der Waals surface area contributed by atoms with E-state index < -0.39 is 17.6 Å². The van der Waals surface area contributed by atoms with Gasteiger partial charge >= 0.3 is 5.97 Å². The number of carbonyl (C=O) groups is 1. The first-order valence-electron chi connectivity index (χ1n) is 5.22. The Balaban J connectivity index is 2.26. The number of nitrogens with one attached hydrogen (secondary N) is 1. The maximum Gasteiger partial charge on any atom is 0.358 e. The fourth-order valence-electron chi connectivity index (χ4n) is 1.36. The smallest absolute Gasteiger partial charge is 0.358 e. The second-order valence-electron chi connectivity index (χ2n) is 3.53. The normalized spacial score (nSPS) is 10.1. The van der Waals surface area contributed by atoms with Gasteiger partial charge in [0.2, 0.25) is 0 Å². The molecule has 0 aliphatic rings. The molecule has 0 radical (unpaired) electrons. The van der Waals surface area contributed by atoms with Crippen molar-refractivity contribution < 1.29 is 18.3 Å². The second kappa shape index (κ2) is 5.38. The minimum atomic E-state index is -0.773. The number of nitrogens with zero attached hydrogens (tertiary/aromatic N) is 2. The zero-order valence-electron chi connectivity index (χ0n) is 9.85. The highest BCUT2D eigenvalue weighted by molar-refractivity contribution is 5.87. The van der Waals surface area contributed by atoms with Gasteiger partial charge in [-0.3, -0.25) is 4.98 Å². The van der Waals surface area contributed by atoms with Crippen LogP contribution < -0.4 is 5.32 Å². The van der Waals surface area contributed by atoms with Crippen LogP contribution in [0.2, 0.25) is 0 Å². The van der Waals surface area contributed by atoms with Gasteiger partial charge in [-0.15, -0.1) is 0 Å². The summed E-state index contributed by atoms with van der Waals surface area (Å²) >= 11 is 0. The number of hydrogen-bond acceptors (Lipinski definition) is 5. The molecule has 1 heterocycles. The molecule has 0 bridgehead atoms. The van der Waals surface area contributed by atoms with Crippen molar-refractivity contribution >= 4 is 17.5 Å². The minimum Gasteiger partial charge on any atom is -0.464 e. The first-order chi connectivity index (χ1) is 9.10. The molecule has 2 aromatic rings. The monoisotopic (exact) mass is 265 g/mol. The number of aromatic nitrogens is 2. The van der Waals surface area contributed by atoms with E-state index in [1.165, 1.54) is 25.6 Å². The number of anilines is 2. The predicted molar refractivity (Wildman–Crippen MR) is 63.0 cm³/mol. The SMILES string of the molecule is COC(=O)c1cncc(Nc2ccc(F)cc2F)n1. The lowest BCUT2D eigenvalue weighted by molar-refractivity contribution is 0.0593. The molecule has 0 saturated heterocycles. The summed E-state index contributed by atoms with van der Waals surface area (Å²) in [6.07, 6.45) is 2.52. The third-order valence-electron chi connectivity index (χ3n) is 2.22. The molecule has 0 aliphatic heterocycles. The fraction of sp³-hybridized carbons (Fsp3) is 0.0833. The van der Waals surface area contributed by atoms with Crippen LogP contribution >= 0.6 is 0 Å². The van der Waals surface area contributed by atoms with E-state index in [2.05, 4.69) is 20.0 Å². The molecule has 0 aliphatic carbocycles. The number of ether oxygens (including phenoxy) is 1. The molecule has 0 atom stereocenters. The van der Waals surface area contributed by atoms with Crippen LogP contribution in [0.4, 0.5) is 20.3 Å². The lowest BCUT2D eigenvalue weighted by Crippen LogP contribution is -2.07. The standard InChI is InChI=1S/C12H9F2N3O2/c1-19-12(18)10-5-15-6-11(17-10)16-9-3-2-7(13)4-8(9)14/h2-6H,1H3,(H,16,17). The summed E-state index contributed by atoms with van der Waals surface area (Å²) in [5.74, 6) is -1.97. The van der Waals surface area contributed by atoms with Crippen LogP contribution in [0.3, 0.4) is 0 Å². The van der Waals surface area contributed by atoms with Gasteiger partial charge in [-0.1, -0.05) is 0 Å². The van der Waals surface area contributed by atoms with Crippen LogP contribution in [0.25, 0.3) is 0 Å². The summed E-state index contributed by atoms with van der Waals surface area (Å²) in [5.41, 5.74) is 0.00716. The highest BCUT2D eigenvalue weighted by Crippen LogP contribution is 2.19. The van der Waals surface area contributed by atoms with Crippen molar-refractivity contribution in [3.05, 3.63) is 47.9 Å². The van der Waals surface area contributed by atoms with Gasteiger partial charge in [0, 0.05) is 6.07 Å². The van der Waals surface area contributed by atoms with Crippen LogP contribution in [0, 0.1) is 11.6 Å². The molecule has 2 rings (SSSR count). The molecule has 98 valence electrons. The Hall–Kier alpha value is -2.57. The number of benzene rings is 1. The Labute approximate surface area is 107 Å². The Morgan fingerprint density at radius 2 is 2.11 bits per heavy atom. The molecule has 5 nitrogen and oxygen atoms in total. The summed E-state index contributed by atoms with van der Waals surface area (Å²) in [5, 5.41) is 2.60. The highest BCUT2D eigenvalue weighted by atomic mass is 19.1. The maximum atomic E-state index is 13.4. The Bertz CT molecular complexity index is 620. The number of carbonyl (C=O) groups excluding carboxylic acids is 1. The van der Waals surface area contributed by atoms with Crippen molar-refractivity contribution in [3.63, 3.8) is 0 Å². The van der Waals surface area contributed by atoms with Crippen molar-refractivity contribution in [1.29, 1.82) is 0 Å². The zero-order chi connectivity index (χ0) is 13.8. The van der Waals surface area contributed by atoms with Crippen molar-refractivity contribution in [3.8, 4) is 0 Å². The zero-order valence-corrected chi connectivity index (χ0v) is 9.85. The van der Waals surface area contributed by atoms with E-state index in [9.17, 15) is 13.6 Å². The fourth-order valence-corrected chi connectivity index (χ4v) is 1.36. The molecule has 1 N–H and O–H groups in total. The van der Waals surface area contributed by atoms with Crippen LogP contribution in [0.1, 0.15) is 10.5 Å². The van der Waals surface area contributed by atoms with Gasteiger partial charge in [0.25, 0.3) is 0 Å². The van der Waals surface area contributed by atoms with Gasteiger partial charge in [-0.2, -0.15) is 0 Å². The van der Waals surface area contributed by atoms with Crippen molar-refractivity contribution in [1.82, 2.24) is 9.97 Å². The Morgan fingerprint density at radius 3 is 2.79 bits per heavy atom. The number of hydrogen-bond donors (Lipinski definition) is 1. The van der Waals surface area contributed by atoms with E-state index >= 15 is 0 Å². The molecule has 0 spiro atoms. The minimum absolute atomic E-state index is 0.0185. The van der Waals surface area contributed by atoms with Gasteiger partial charge in [-0.25, -0.2) is 18.6 Å². The molecular formula is C12H9F2N3O2. The van der Waals surface area contributed by atoms with E-state index in [0.29, 0.717) is 0 Å². The van der Waals surface area contributed by atoms with Crippen molar-refractivity contribution in [2.24, 2.45) is 0 Å². The largest absolute Gasteiger partial charge is 0.464 e. The van der Waals surface area contributed by atoms with Gasteiger partial charge in [0.1, 0.15) is 17.5 Å². The predicted octanol–water partition coefficient (Wildman–Crippen LogP) is 2.29. The first-order valence-corrected chi connectivity index (χ1v) is 5.22. The van der Waals surface area contributed by atoms with E-state index in [-0.39, 0.29) is 17.2 Å². The molecule has 1 aromatic carbocycles. The van der Waals surface area contributed by atoms with Crippen LogP contribution in [-0.4, -0.2) is 23.0 Å². The summed E-state index contributed by atoms with van der Waals surface area (Å²) in [6.45, 7) is 0. The number of esters is 1. The van der Waals surface area contributed by atoms with Gasteiger partial charge < -0.3 is 10.1 Å². The lowest BCUT2D eigenvalue weighted by atomic mass is 10.3. The molecule has 0 saturated carbocycles. The molecule has 7 heteroatoms. The summed E-state index contributed by atoms with van der Waals surface area (Å²) in [4.78, 5) is 18.9. The number of rotatable bonds is 3. The molecule has 1 aromatic heterocycles. The average molecular weight is 265 g/mol. The van der Waals surface area contributed by atoms with Crippen molar-refractivity contribution in [2.45, 2.75) is 0 Å². The third kappa shape index (κ3) is 3.01. The van der Waals surface area contributed by atoms with Crippen LogP contribution in [-0.2, 0) is 4.74 Å². The Morgan fingerprint density at radius 1 is 1.32 bits per heavy atom. The molecule has 0 fully saturated rings. The van der Waals surface area contributed by atoms with E-state index in [1.807, 2.05) is 0 Å². The van der Waals surface area contributed by atoms with Crippen LogP contribution in [0.5, 0.6) is 0 Å². The Kier molecular flexibility index (Phi) is 3.65. The van der Waals surface area contributed by atoms with Crippen LogP contribution in [0.15, 0.2) is 30.6 Å². The second-order valence-corrected chi connectivity index (χ2v) is 3.53. The summed E-state index contributed by atoms with van der Waals surface area (Å²) in [6, 6.07) is 3.06. The molecule has 19 heavy (non-hydrogen) atoms. The number of methoxy groups -OCH3 is 1. The van der Waals surface area contributed by atoms with E-state index in [0.717, 1.165) is 12.1 Å². The van der Waals surface area contributed by atoms with Gasteiger partial charge in [0.15, 0.2) is 5.69 Å². The topological polar surface area (TPSA) is 64.1 Å². The average Bonchev–Trinajstić information content (AvgIpc) is 2.41. The lowest BCUT2D eigenvalue weighted by Gasteiger charge is -2.07. The third-order valence-corrected chi connectivity index (χ3v) is 2.22. The van der Waals surface area contributed by atoms with Gasteiger partial charge in [-0.05, 0) is 12.1 Å². The molecule has 0 unspecified atom stereocenters. The molecule has 0 amide bonds. The van der Waals surface area contributed by atoms with Crippen molar-refractivity contribution in [2.75, 3.05) is 12.4 Å².